The molecule has 1 fully saturated rings. The molecule has 0 bridgehead atoms. The number of hydrogen-bond acceptors (Lipinski definition) is 5. The molecule has 106 valence electrons. The molecule has 1 atom stereocenters. The Bertz CT molecular complexity index is 560. The lowest BCUT2D eigenvalue weighted by Crippen LogP contribution is -2.40. The number of thioether (sulfide) groups is 1. The molecule has 1 aliphatic rings. The van der Waals surface area contributed by atoms with Crippen LogP contribution in [0.2, 0.25) is 0 Å². The van der Waals surface area contributed by atoms with Crippen LogP contribution in [0.4, 0.5) is 11.4 Å². The van der Waals surface area contributed by atoms with Crippen LogP contribution in [0.1, 0.15) is 6.92 Å². The number of rotatable bonds is 3. The Balaban J connectivity index is 2.34. The van der Waals surface area contributed by atoms with Crippen LogP contribution in [-0.4, -0.2) is 39.6 Å². The molecule has 7 heteroatoms. The summed E-state index contributed by atoms with van der Waals surface area (Å²) in [5.74, 6) is 2.14. The zero-order chi connectivity index (χ0) is 14.0. The van der Waals surface area contributed by atoms with E-state index < -0.39 is 10.0 Å². The predicted molar refractivity (Wildman–Crippen MR) is 81.2 cm³/mol. The number of nitrogen functional groups attached to an aromatic ring is 1. The molecule has 1 aromatic carbocycles. The fourth-order valence-electron chi connectivity index (χ4n) is 2.16. The first-order valence-corrected chi connectivity index (χ1v) is 8.77. The van der Waals surface area contributed by atoms with E-state index in [2.05, 4.69) is 16.5 Å². The highest BCUT2D eigenvalue weighted by Gasteiger charge is 2.22. The highest BCUT2D eigenvalue weighted by Crippen LogP contribution is 2.30. The molecule has 1 aromatic rings. The van der Waals surface area contributed by atoms with Crippen molar-refractivity contribution < 1.29 is 8.42 Å². The van der Waals surface area contributed by atoms with Gasteiger partial charge < -0.3 is 10.6 Å². The van der Waals surface area contributed by atoms with Crippen LogP contribution in [0.15, 0.2) is 23.1 Å². The monoisotopic (exact) mass is 301 g/mol. The molecule has 1 aliphatic heterocycles. The first kappa shape index (κ1) is 14.5. The number of hydrogen-bond donors (Lipinski definition) is 2. The van der Waals surface area contributed by atoms with E-state index >= 15 is 0 Å². The normalized spacial score (nSPS) is 20.5. The maximum Gasteiger partial charge on any atom is 0.240 e. The Hall–Kier alpha value is -0.920. The Morgan fingerprint density at radius 2 is 2.21 bits per heavy atom. The number of nitrogens with two attached hydrogens (primary N) is 1. The van der Waals surface area contributed by atoms with E-state index in [-0.39, 0.29) is 4.90 Å². The summed E-state index contributed by atoms with van der Waals surface area (Å²) < 4.78 is 25.7. The lowest BCUT2D eigenvalue weighted by Gasteiger charge is -2.35. The third-order valence-corrected chi connectivity index (χ3v) is 5.86. The van der Waals surface area contributed by atoms with Crippen molar-refractivity contribution in [3.05, 3.63) is 18.2 Å². The van der Waals surface area contributed by atoms with Crippen molar-refractivity contribution in [3.8, 4) is 0 Å². The van der Waals surface area contributed by atoms with Gasteiger partial charge in [-0.05, 0) is 32.2 Å². The first-order chi connectivity index (χ1) is 8.95. The van der Waals surface area contributed by atoms with Gasteiger partial charge in [0.05, 0.1) is 16.3 Å². The predicted octanol–water partition coefficient (Wildman–Crippen LogP) is 1.12. The van der Waals surface area contributed by atoms with E-state index in [1.54, 1.807) is 12.1 Å². The molecular formula is C12H19N3O2S2. The lowest BCUT2D eigenvalue weighted by molar-refractivity contribution is 0.588. The molecule has 0 amide bonds. The number of nitrogens with zero attached hydrogens (tertiary/aromatic N) is 1. The molecule has 0 aliphatic carbocycles. The summed E-state index contributed by atoms with van der Waals surface area (Å²) in [6.07, 6.45) is 0. The van der Waals surface area contributed by atoms with Gasteiger partial charge in [0.1, 0.15) is 0 Å². The van der Waals surface area contributed by atoms with Crippen molar-refractivity contribution >= 4 is 33.2 Å². The average molecular weight is 301 g/mol. The van der Waals surface area contributed by atoms with Crippen molar-refractivity contribution in [2.24, 2.45) is 0 Å². The first-order valence-electron chi connectivity index (χ1n) is 6.13. The second kappa shape index (κ2) is 5.60. The summed E-state index contributed by atoms with van der Waals surface area (Å²) in [6, 6.07) is 5.33. The second-order valence-corrected chi connectivity index (χ2v) is 7.58. The van der Waals surface area contributed by atoms with E-state index in [0.717, 1.165) is 23.7 Å². The zero-order valence-corrected chi connectivity index (χ0v) is 12.7. The number of sulfonamides is 1. The minimum atomic E-state index is -3.43. The quantitative estimate of drug-likeness (QED) is 0.818. The minimum absolute atomic E-state index is 0.204. The summed E-state index contributed by atoms with van der Waals surface area (Å²) in [6.45, 7) is 3.10. The standard InChI is InChI=1S/C12H19N3O2S2/c1-9-8-18-6-5-15(9)12-4-3-10(7-11(12)13)19(16,17)14-2/h3-4,7,9,14H,5-6,8,13H2,1-2H3. The fraction of sp³-hybridized carbons (Fsp3) is 0.500. The van der Waals surface area contributed by atoms with Crippen molar-refractivity contribution in [1.29, 1.82) is 0 Å². The van der Waals surface area contributed by atoms with Crippen LogP contribution in [0.5, 0.6) is 0 Å². The third-order valence-electron chi connectivity index (χ3n) is 3.26. The highest BCUT2D eigenvalue weighted by molar-refractivity contribution is 7.99. The van der Waals surface area contributed by atoms with Gasteiger partial charge in [-0.15, -0.1) is 0 Å². The summed E-state index contributed by atoms with van der Waals surface area (Å²) >= 11 is 1.93. The van der Waals surface area contributed by atoms with Gasteiger partial charge >= 0.3 is 0 Å². The van der Waals surface area contributed by atoms with Crippen LogP contribution in [-0.2, 0) is 10.0 Å². The van der Waals surface area contributed by atoms with Gasteiger partial charge in [-0.25, -0.2) is 13.1 Å². The molecule has 0 spiro atoms. The maximum atomic E-state index is 11.7. The average Bonchev–Trinajstić information content (AvgIpc) is 2.39. The van der Waals surface area contributed by atoms with Gasteiger partial charge in [0.15, 0.2) is 0 Å². The van der Waals surface area contributed by atoms with Crippen molar-refractivity contribution in [2.45, 2.75) is 17.9 Å². The van der Waals surface area contributed by atoms with E-state index in [9.17, 15) is 8.42 Å². The Morgan fingerprint density at radius 3 is 2.79 bits per heavy atom. The lowest BCUT2D eigenvalue weighted by atomic mass is 10.2. The van der Waals surface area contributed by atoms with E-state index in [1.165, 1.54) is 13.1 Å². The van der Waals surface area contributed by atoms with Crippen molar-refractivity contribution in [3.63, 3.8) is 0 Å². The summed E-state index contributed by atoms with van der Waals surface area (Å²) in [5, 5.41) is 0. The third kappa shape index (κ3) is 2.98. The molecule has 19 heavy (non-hydrogen) atoms. The van der Waals surface area contributed by atoms with E-state index in [0.29, 0.717) is 11.7 Å². The van der Waals surface area contributed by atoms with Gasteiger partial charge in [0.2, 0.25) is 10.0 Å². The van der Waals surface area contributed by atoms with Gasteiger partial charge in [-0.3, -0.25) is 0 Å². The molecule has 1 unspecified atom stereocenters. The van der Waals surface area contributed by atoms with Crippen molar-refractivity contribution in [2.75, 3.05) is 35.7 Å². The smallest absolute Gasteiger partial charge is 0.240 e. The molecule has 3 N–H and O–H groups in total. The maximum absolute atomic E-state index is 11.7. The molecule has 1 saturated heterocycles. The minimum Gasteiger partial charge on any atom is -0.397 e. The van der Waals surface area contributed by atoms with Crippen molar-refractivity contribution in [1.82, 2.24) is 4.72 Å². The van der Waals surface area contributed by atoms with Crippen LogP contribution < -0.4 is 15.4 Å². The van der Waals surface area contributed by atoms with Gasteiger partial charge in [-0.2, -0.15) is 11.8 Å². The van der Waals surface area contributed by atoms with E-state index in [4.69, 9.17) is 5.73 Å². The fourth-order valence-corrected chi connectivity index (χ4v) is 3.94. The molecule has 2 rings (SSSR count). The molecule has 1 heterocycles. The Kier molecular flexibility index (Phi) is 4.27. The summed E-state index contributed by atoms with van der Waals surface area (Å²) in [4.78, 5) is 2.44. The summed E-state index contributed by atoms with van der Waals surface area (Å²) in [7, 11) is -2.04. The van der Waals surface area contributed by atoms with E-state index in [1.807, 2.05) is 11.8 Å². The molecule has 0 radical (unpaired) electrons. The van der Waals surface area contributed by atoms with Crippen LogP contribution >= 0.6 is 11.8 Å². The molecule has 5 nitrogen and oxygen atoms in total. The van der Waals surface area contributed by atoms with Gasteiger partial charge in [-0.1, -0.05) is 0 Å². The summed E-state index contributed by atoms with van der Waals surface area (Å²) in [5.41, 5.74) is 7.45. The largest absolute Gasteiger partial charge is 0.397 e. The molecule has 0 aromatic heterocycles. The number of benzene rings is 1. The van der Waals surface area contributed by atoms with Gasteiger partial charge in [0, 0.05) is 24.1 Å². The molecule has 0 saturated carbocycles. The molecular weight excluding hydrogens is 282 g/mol. The van der Waals surface area contributed by atoms with Gasteiger partial charge in [0.25, 0.3) is 0 Å². The number of anilines is 2. The Morgan fingerprint density at radius 1 is 1.47 bits per heavy atom. The van der Waals surface area contributed by atoms with Crippen LogP contribution in [0.3, 0.4) is 0 Å². The highest BCUT2D eigenvalue weighted by atomic mass is 32.2. The topological polar surface area (TPSA) is 75.4 Å². The second-order valence-electron chi connectivity index (χ2n) is 4.55. The zero-order valence-electron chi connectivity index (χ0n) is 11.1. The SMILES string of the molecule is CNS(=O)(=O)c1ccc(N2CCSCC2C)c(N)c1. The number of nitrogens with one attached hydrogen (secondary N) is 1. The Labute approximate surface area is 118 Å². The van der Waals surface area contributed by atoms with Crippen LogP contribution in [0.25, 0.3) is 0 Å². The van der Waals surface area contributed by atoms with Crippen LogP contribution in [0, 0.1) is 0 Å².